The van der Waals surface area contributed by atoms with Gasteiger partial charge in [-0.2, -0.15) is 0 Å². The van der Waals surface area contributed by atoms with Gasteiger partial charge in [0.15, 0.2) is 0 Å². The Kier molecular flexibility index (Phi) is 10.7. The van der Waals surface area contributed by atoms with Gasteiger partial charge in [-0.1, -0.05) is 0 Å². The highest BCUT2D eigenvalue weighted by molar-refractivity contribution is 5.66. The number of hydrogen-bond acceptors (Lipinski definition) is 2. The third-order valence-electron chi connectivity index (χ3n) is 3.02. The summed E-state index contributed by atoms with van der Waals surface area (Å²) in [6.07, 6.45) is -0.341. The van der Waals surface area contributed by atoms with Crippen LogP contribution >= 0.6 is 0 Å². The van der Waals surface area contributed by atoms with E-state index in [1.807, 2.05) is 0 Å². The highest BCUT2D eigenvalue weighted by Crippen LogP contribution is 2.04. The van der Waals surface area contributed by atoms with Crippen molar-refractivity contribution in [2.24, 2.45) is 0 Å². The molecule has 0 bridgehead atoms. The van der Waals surface area contributed by atoms with Crippen LogP contribution in [0.1, 0.15) is 20.8 Å². The van der Waals surface area contributed by atoms with Crippen molar-refractivity contribution in [1.82, 2.24) is 5.32 Å². The molecule has 0 rings (SSSR count). The number of carbonyl (C=O) groups is 1. The number of likely N-dealkylation sites (N-methyl/N-ethyl adjacent to an activating group) is 1. The Labute approximate surface area is 110 Å². The van der Waals surface area contributed by atoms with E-state index in [2.05, 4.69) is 26.1 Å². The van der Waals surface area contributed by atoms with Gasteiger partial charge in [0.2, 0.25) is 0 Å². The lowest BCUT2D eigenvalue weighted by Gasteiger charge is -2.35. The summed E-state index contributed by atoms with van der Waals surface area (Å²) in [5.41, 5.74) is 0. The first kappa shape index (κ1) is 17.4. The third kappa shape index (κ3) is 6.19. The second-order valence-corrected chi connectivity index (χ2v) is 3.40. The van der Waals surface area contributed by atoms with Crippen LogP contribution < -0.4 is 29.3 Å². The highest BCUT2D eigenvalue weighted by atomic mass is 127. The zero-order valence-corrected chi connectivity index (χ0v) is 12.3. The van der Waals surface area contributed by atoms with E-state index in [1.165, 1.54) is 0 Å². The van der Waals surface area contributed by atoms with Crippen LogP contribution in [0.15, 0.2) is 0 Å². The first-order valence-electron chi connectivity index (χ1n) is 5.33. The van der Waals surface area contributed by atoms with Crippen LogP contribution in [-0.2, 0) is 4.74 Å². The number of rotatable bonds is 6. The van der Waals surface area contributed by atoms with Crippen molar-refractivity contribution in [1.29, 1.82) is 0 Å². The Morgan fingerprint density at radius 2 is 1.67 bits per heavy atom. The molecule has 15 heavy (non-hydrogen) atoms. The van der Waals surface area contributed by atoms with E-state index in [-0.39, 0.29) is 30.1 Å². The molecule has 1 N–H and O–H groups in total. The topological polar surface area (TPSA) is 38.3 Å². The quantitative estimate of drug-likeness (QED) is 0.462. The summed E-state index contributed by atoms with van der Waals surface area (Å²) in [4.78, 5) is 10.8. The van der Waals surface area contributed by atoms with Gasteiger partial charge in [-0.3, -0.25) is 0 Å². The monoisotopic (exact) mass is 330 g/mol. The van der Waals surface area contributed by atoms with Crippen LogP contribution in [0.3, 0.4) is 0 Å². The molecule has 0 fully saturated rings. The lowest BCUT2D eigenvalue weighted by atomic mass is 10.3. The molecule has 1 amide bonds. The maximum Gasteiger partial charge on any atom is 0.407 e. The number of alkyl carbamates (subject to hydrolysis) is 1. The molecule has 0 saturated carbocycles. The van der Waals surface area contributed by atoms with E-state index in [0.29, 0.717) is 6.61 Å². The molecule has 0 aliphatic heterocycles. The molecular weight excluding hydrogens is 307 g/mol. The van der Waals surface area contributed by atoms with Gasteiger partial charge < -0.3 is 38.5 Å². The molecule has 5 heteroatoms. The predicted molar refractivity (Wildman–Crippen MR) is 57.2 cm³/mol. The highest BCUT2D eigenvalue weighted by Gasteiger charge is 2.20. The average molecular weight is 330 g/mol. The predicted octanol–water partition coefficient (Wildman–Crippen LogP) is -1.78. The van der Waals surface area contributed by atoms with E-state index in [0.717, 1.165) is 30.7 Å². The second kappa shape index (κ2) is 9.21. The van der Waals surface area contributed by atoms with Gasteiger partial charge in [-0.25, -0.2) is 4.79 Å². The molecule has 0 unspecified atom stereocenters. The lowest BCUT2D eigenvalue weighted by Crippen LogP contribution is -3.00. The summed E-state index contributed by atoms with van der Waals surface area (Å²) < 4.78 is 6.00. The smallest absolute Gasteiger partial charge is 0.407 e. The van der Waals surface area contributed by atoms with Crippen LogP contribution in [0.4, 0.5) is 4.79 Å². The van der Waals surface area contributed by atoms with Gasteiger partial charge in [0, 0.05) is 7.05 Å². The van der Waals surface area contributed by atoms with Gasteiger partial charge >= 0.3 is 6.09 Å². The molecule has 0 aliphatic rings. The Morgan fingerprint density at radius 1 is 1.20 bits per heavy atom. The Hall–Kier alpha value is -0.0400. The summed E-state index contributed by atoms with van der Waals surface area (Å²) >= 11 is 0. The molecule has 0 aromatic carbocycles. The molecule has 0 atom stereocenters. The van der Waals surface area contributed by atoms with E-state index < -0.39 is 0 Å². The van der Waals surface area contributed by atoms with Crippen LogP contribution in [-0.4, -0.2) is 50.4 Å². The maximum atomic E-state index is 10.8. The van der Waals surface area contributed by atoms with Crippen molar-refractivity contribution in [2.75, 3.05) is 39.8 Å². The Morgan fingerprint density at radius 3 is 2.00 bits per heavy atom. The largest absolute Gasteiger partial charge is 1.00 e. The standard InChI is InChI=1S/C10H22N2O2.HI/c1-5-12(6-2,7-3)8-9-14-10(13)11-4;/h5-9H2,1-4H3;1H. The average Bonchev–Trinajstić information content (AvgIpc) is 2.25. The van der Waals surface area contributed by atoms with Crippen LogP contribution in [0, 0.1) is 0 Å². The van der Waals surface area contributed by atoms with Gasteiger partial charge in [0.1, 0.15) is 13.2 Å². The fourth-order valence-corrected chi connectivity index (χ4v) is 1.55. The summed E-state index contributed by atoms with van der Waals surface area (Å²) in [5.74, 6) is 0. The van der Waals surface area contributed by atoms with Crippen LogP contribution in [0.2, 0.25) is 0 Å². The van der Waals surface area contributed by atoms with Crippen molar-refractivity contribution in [3.05, 3.63) is 0 Å². The van der Waals surface area contributed by atoms with E-state index in [9.17, 15) is 4.79 Å². The molecule has 0 spiro atoms. The molecule has 0 heterocycles. The number of nitrogens with zero attached hydrogens (tertiary/aromatic N) is 1. The van der Waals surface area contributed by atoms with Crippen molar-refractivity contribution in [2.45, 2.75) is 20.8 Å². The molecule has 0 radical (unpaired) electrons. The lowest BCUT2D eigenvalue weighted by molar-refractivity contribution is -0.923. The summed E-state index contributed by atoms with van der Waals surface area (Å²) in [5, 5.41) is 2.44. The fraction of sp³-hybridized carbons (Fsp3) is 0.900. The SMILES string of the molecule is CC[N+](CC)(CC)CCOC(=O)NC.[I-]. The Balaban J connectivity index is 0. The van der Waals surface area contributed by atoms with Crippen LogP contribution in [0.25, 0.3) is 0 Å². The van der Waals surface area contributed by atoms with Crippen molar-refractivity contribution in [3.8, 4) is 0 Å². The normalized spacial score (nSPS) is 10.4. The fourth-order valence-electron chi connectivity index (χ4n) is 1.55. The molecule has 4 nitrogen and oxygen atoms in total. The summed E-state index contributed by atoms with van der Waals surface area (Å²) in [7, 11) is 1.57. The number of hydrogen-bond donors (Lipinski definition) is 1. The molecule has 0 aromatic rings. The number of halogens is 1. The minimum Gasteiger partial charge on any atom is -1.00 e. The van der Waals surface area contributed by atoms with Crippen LogP contribution in [0.5, 0.6) is 0 Å². The third-order valence-corrected chi connectivity index (χ3v) is 3.02. The number of nitrogens with one attached hydrogen (secondary N) is 1. The van der Waals surface area contributed by atoms with Gasteiger partial charge in [0.05, 0.1) is 19.6 Å². The summed E-state index contributed by atoms with van der Waals surface area (Å²) in [6.45, 7) is 11.2. The molecule has 0 aliphatic carbocycles. The van der Waals surface area contributed by atoms with Gasteiger partial charge in [-0.05, 0) is 20.8 Å². The molecule has 92 valence electrons. The van der Waals surface area contributed by atoms with E-state index in [1.54, 1.807) is 7.05 Å². The first-order valence-corrected chi connectivity index (χ1v) is 5.33. The number of quaternary nitrogens is 1. The number of ether oxygens (including phenoxy) is 1. The zero-order chi connectivity index (χ0) is 11.0. The first-order chi connectivity index (χ1) is 6.64. The van der Waals surface area contributed by atoms with E-state index in [4.69, 9.17) is 4.74 Å². The zero-order valence-electron chi connectivity index (χ0n) is 10.2. The number of amides is 1. The summed E-state index contributed by atoms with van der Waals surface area (Å²) in [6, 6.07) is 0. The minimum atomic E-state index is -0.341. The van der Waals surface area contributed by atoms with Gasteiger partial charge in [0.25, 0.3) is 0 Å². The molecule has 0 aromatic heterocycles. The second-order valence-electron chi connectivity index (χ2n) is 3.40. The molecule has 0 saturated heterocycles. The molecular formula is C10H23IN2O2. The van der Waals surface area contributed by atoms with Gasteiger partial charge in [-0.15, -0.1) is 0 Å². The van der Waals surface area contributed by atoms with Crippen molar-refractivity contribution >= 4 is 6.09 Å². The van der Waals surface area contributed by atoms with E-state index >= 15 is 0 Å². The van der Waals surface area contributed by atoms with Crippen molar-refractivity contribution < 1.29 is 38.0 Å². The Bertz CT molecular complexity index is 165. The minimum absolute atomic E-state index is 0. The number of carbonyl (C=O) groups excluding carboxylic acids is 1. The maximum absolute atomic E-state index is 10.8. The van der Waals surface area contributed by atoms with Crippen molar-refractivity contribution in [3.63, 3.8) is 0 Å².